The Morgan fingerprint density at radius 3 is 2.50 bits per heavy atom. The fourth-order valence-corrected chi connectivity index (χ4v) is 1.76. The molecule has 0 saturated carbocycles. The first-order valence-corrected chi connectivity index (χ1v) is 6.26. The van der Waals surface area contributed by atoms with Crippen LogP contribution in [-0.4, -0.2) is 15.3 Å². The zero-order valence-corrected chi connectivity index (χ0v) is 11.3. The number of aryl methyl sites for hydroxylation is 1. The van der Waals surface area contributed by atoms with Crippen LogP contribution in [0.15, 0.2) is 6.20 Å². The van der Waals surface area contributed by atoms with E-state index in [1.807, 2.05) is 6.20 Å². The third-order valence-electron chi connectivity index (χ3n) is 2.63. The third-order valence-corrected chi connectivity index (χ3v) is 2.63. The monoisotopic (exact) mass is 223 g/mol. The van der Waals surface area contributed by atoms with Gasteiger partial charge in [-0.15, -0.1) is 0 Å². The molecule has 1 rings (SSSR count). The zero-order chi connectivity index (χ0) is 12.2. The SMILES string of the molecule is CCCc1c(CNC(C)(C)C)cnn1CC. The van der Waals surface area contributed by atoms with Crippen LogP contribution >= 0.6 is 0 Å². The van der Waals surface area contributed by atoms with E-state index in [2.05, 4.69) is 49.7 Å². The molecule has 3 heteroatoms. The van der Waals surface area contributed by atoms with E-state index < -0.39 is 0 Å². The van der Waals surface area contributed by atoms with Gasteiger partial charge in [-0.1, -0.05) is 13.3 Å². The predicted octanol–water partition coefficient (Wildman–Crippen LogP) is 2.74. The molecule has 0 aromatic carbocycles. The average molecular weight is 223 g/mol. The summed E-state index contributed by atoms with van der Waals surface area (Å²) in [4.78, 5) is 0. The highest BCUT2D eigenvalue weighted by Crippen LogP contribution is 2.12. The lowest BCUT2D eigenvalue weighted by Crippen LogP contribution is -2.35. The molecular weight excluding hydrogens is 198 g/mol. The van der Waals surface area contributed by atoms with Crippen LogP contribution in [0.2, 0.25) is 0 Å². The van der Waals surface area contributed by atoms with E-state index in [1.165, 1.54) is 17.7 Å². The van der Waals surface area contributed by atoms with Crippen molar-refractivity contribution >= 4 is 0 Å². The molecule has 0 atom stereocenters. The summed E-state index contributed by atoms with van der Waals surface area (Å²) in [6.45, 7) is 12.8. The Morgan fingerprint density at radius 2 is 2.00 bits per heavy atom. The molecule has 1 aromatic heterocycles. The molecule has 0 fully saturated rings. The molecular formula is C13H25N3. The summed E-state index contributed by atoms with van der Waals surface area (Å²) in [6.07, 6.45) is 4.30. The van der Waals surface area contributed by atoms with Gasteiger partial charge in [0.2, 0.25) is 0 Å². The van der Waals surface area contributed by atoms with Crippen molar-refractivity contribution in [2.24, 2.45) is 0 Å². The highest BCUT2D eigenvalue weighted by Gasteiger charge is 2.13. The van der Waals surface area contributed by atoms with Gasteiger partial charge in [-0.05, 0) is 34.1 Å². The first-order valence-electron chi connectivity index (χ1n) is 6.26. The summed E-state index contributed by atoms with van der Waals surface area (Å²) in [5.41, 5.74) is 2.90. The lowest BCUT2D eigenvalue weighted by Gasteiger charge is -2.20. The van der Waals surface area contributed by atoms with Gasteiger partial charge in [0.25, 0.3) is 0 Å². The molecule has 1 N–H and O–H groups in total. The lowest BCUT2D eigenvalue weighted by molar-refractivity contribution is 0.423. The normalized spacial score (nSPS) is 12.1. The highest BCUT2D eigenvalue weighted by atomic mass is 15.3. The topological polar surface area (TPSA) is 29.9 Å². The van der Waals surface area contributed by atoms with Gasteiger partial charge in [0.05, 0.1) is 6.20 Å². The fraction of sp³-hybridized carbons (Fsp3) is 0.769. The van der Waals surface area contributed by atoms with E-state index >= 15 is 0 Å². The van der Waals surface area contributed by atoms with Gasteiger partial charge in [0.1, 0.15) is 0 Å². The smallest absolute Gasteiger partial charge is 0.0537 e. The minimum absolute atomic E-state index is 0.164. The van der Waals surface area contributed by atoms with Gasteiger partial charge < -0.3 is 5.32 Å². The molecule has 0 spiro atoms. The third kappa shape index (κ3) is 3.63. The van der Waals surface area contributed by atoms with Crippen LogP contribution < -0.4 is 5.32 Å². The molecule has 0 aliphatic heterocycles. The Kier molecular flexibility index (Phi) is 4.54. The Morgan fingerprint density at radius 1 is 1.31 bits per heavy atom. The number of hydrogen-bond donors (Lipinski definition) is 1. The first kappa shape index (κ1) is 13.2. The Balaban J connectivity index is 2.75. The summed E-state index contributed by atoms with van der Waals surface area (Å²) in [5.74, 6) is 0. The molecule has 0 unspecified atom stereocenters. The number of nitrogens with one attached hydrogen (secondary N) is 1. The summed E-state index contributed by atoms with van der Waals surface area (Å²) < 4.78 is 2.11. The van der Waals surface area contributed by atoms with E-state index in [0.29, 0.717) is 0 Å². The Bertz CT molecular complexity index is 320. The Labute approximate surface area is 99.2 Å². The Hall–Kier alpha value is -0.830. The summed E-state index contributed by atoms with van der Waals surface area (Å²) in [6, 6.07) is 0. The van der Waals surface area contributed by atoms with Crippen LogP contribution in [-0.2, 0) is 19.5 Å². The number of nitrogens with zero attached hydrogens (tertiary/aromatic N) is 2. The fourth-order valence-electron chi connectivity index (χ4n) is 1.76. The molecule has 16 heavy (non-hydrogen) atoms. The molecule has 0 aliphatic carbocycles. The van der Waals surface area contributed by atoms with Gasteiger partial charge >= 0.3 is 0 Å². The van der Waals surface area contributed by atoms with Crippen LogP contribution in [0.3, 0.4) is 0 Å². The second-order valence-electron chi connectivity index (χ2n) is 5.29. The minimum Gasteiger partial charge on any atom is -0.308 e. The van der Waals surface area contributed by atoms with Gasteiger partial charge in [-0.25, -0.2) is 0 Å². The molecule has 0 radical (unpaired) electrons. The van der Waals surface area contributed by atoms with Crippen molar-refractivity contribution in [2.45, 2.75) is 66.1 Å². The first-order chi connectivity index (χ1) is 7.48. The van der Waals surface area contributed by atoms with Gasteiger partial charge in [-0.3, -0.25) is 4.68 Å². The van der Waals surface area contributed by atoms with Gasteiger partial charge in [-0.2, -0.15) is 5.10 Å². The summed E-state index contributed by atoms with van der Waals surface area (Å²) in [5, 5.41) is 7.95. The van der Waals surface area contributed by atoms with Crippen LogP contribution in [0.5, 0.6) is 0 Å². The van der Waals surface area contributed by atoms with Crippen LogP contribution in [0.4, 0.5) is 0 Å². The van der Waals surface area contributed by atoms with Crippen molar-refractivity contribution < 1.29 is 0 Å². The molecule has 0 bridgehead atoms. The molecule has 92 valence electrons. The van der Waals surface area contributed by atoms with Crippen LogP contribution in [0.1, 0.15) is 52.3 Å². The molecule has 0 saturated heterocycles. The van der Waals surface area contributed by atoms with Crippen molar-refractivity contribution in [1.29, 1.82) is 0 Å². The maximum atomic E-state index is 4.43. The van der Waals surface area contributed by atoms with Crippen LogP contribution in [0.25, 0.3) is 0 Å². The molecule has 1 aromatic rings. The van der Waals surface area contributed by atoms with E-state index in [-0.39, 0.29) is 5.54 Å². The van der Waals surface area contributed by atoms with E-state index in [4.69, 9.17) is 0 Å². The van der Waals surface area contributed by atoms with Crippen molar-refractivity contribution in [1.82, 2.24) is 15.1 Å². The summed E-state index contributed by atoms with van der Waals surface area (Å²) >= 11 is 0. The maximum absolute atomic E-state index is 4.43. The highest BCUT2D eigenvalue weighted by molar-refractivity contribution is 5.18. The minimum atomic E-state index is 0.164. The van der Waals surface area contributed by atoms with Gasteiger partial charge in [0.15, 0.2) is 0 Å². The standard InChI is InChI=1S/C13H25N3/c1-6-8-12-11(9-14-13(3,4)5)10-15-16(12)7-2/h10,14H,6-9H2,1-5H3. The zero-order valence-electron chi connectivity index (χ0n) is 11.3. The number of aromatic nitrogens is 2. The molecule has 3 nitrogen and oxygen atoms in total. The van der Waals surface area contributed by atoms with E-state index in [0.717, 1.165) is 19.5 Å². The van der Waals surface area contributed by atoms with E-state index in [1.54, 1.807) is 0 Å². The molecule has 0 aliphatic rings. The second kappa shape index (κ2) is 5.48. The van der Waals surface area contributed by atoms with Crippen molar-refractivity contribution in [3.05, 3.63) is 17.5 Å². The molecule has 0 amide bonds. The van der Waals surface area contributed by atoms with E-state index in [9.17, 15) is 0 Å². The summed E-state index contributed by atoms with van der Waals surface area (Å²) in [7, 11) is 0. The second-order valence-corrected chi connectivity index (χ2v) is 5.29. The van der Waals surface area contributed by atoms with Crippen LogP contribution in [0, 0.1) is 0 Å². The van der Waals surface area contributed by atoms with Crippen molar-refractivity contribution in [3.63, 3.8) is 0 Å². The van der Waals surface area contributed by atoms with Crippen molar-refractivity contribution in [2.75, 3.05) is 0 Å². The van der Waals surface area contributed by atoms with Gasteiger partial charge in [0, 0.05) is 29.9 Å². The largest absolute Gasteiger partial charge is 0.308 e. The lowest BCUT2D eigenvalue weighted by atomic mass is 10.1. The number of rotatable bonds is 5. The van der Waals surface area contributed by atoms with Crippen molar-refractivity contribution in [3.8, 4) is 0 Å². The number of hydrogen-bond acceptors (Lipinski definition) is 2. The molecule has 1 heterocycles. The average Bonchev–Trinajstić information content (AvgIpc) is 2.57. The predicted molar refractivity (Wildman–Crippen MR) is 68.5 cm³/mol. The quantitative estimate of drug-likeness (QED) is 0.832. The maximum Gasteiger partial charge on any atom is 0.0537 e.